The van der Waals surface area contributed by atoms with Gasteiger partial charge in [0, 0.05) is 24.5 Å². The second kappa shape index (κ2) is 7.74. The first kappa shape index (κ1) is 17.5. The van der Waals surface area contributed by atoms with Gasteiger partial charge in [-0.05, 0) is 50.3 Å². The molecule has 3 heterocycles. The summed E-state index contributed by atoms with van der Waals surface area (Å²) in [7, 11) is 0. The molecule has 1 N–H and O–H groups in total. The molecule has 0 radical (unpaired) electrons. The molecule has 1 saturated heterocycles. The molecular formula is C18H22ClN3OS2. The summed E-state index contributed by atoms with van der Waals surface area (Å²) >= 11 is 9.09. The quantitative estimate of drug-likeness (QED) is 0.802. The number of hydrogen-bond donors (Lipinski definition) is 1. The number of nitrogens with one attached hydrogen (secondary N) is 1. The molecule has 1 aliphatic carbocycles. The van der Waals surface area contributed by atoms with E-state index in [1.807, 2.05) is 22.4 Å². The third-order valence-corrected chi connectivity index (χ3v) is 7.20. The van der Waals surface area contributed by atoms with Crippen molar-refractivity contribution in [2.45, 2.75) is 38.1 Å². The van der Waals surface area contributed by atoms with Crippen molar-refractivity contribution in [2.24, 2.45) is 5.92 Å². The lowest BCUT2D eigenvalue weighted by atomic mass is 10.0. The predicted molar refractivity (Wildman–Crippen MR) is 104 cm³/mol. The first-order valence-electron chi connectivity index (χ1n) is 8.88. The molecule has 2 aromatic rings. The van der Waals surface area contributed by atoms with E-state index in [-0.39, 0.29) is 5.91 Å². The summed E-state index contributed by atoms with van der Waals surface area (Å²) in [6.07, 6.45) is 5.30. The summed E-state index contributed by atoms with van der Waals surface area (Å²) in [6.45, 7) is 2.88. The summed E-state index contributed by atoms with van der Waals surface area (Å²) in [5.41, 5.74) is 0.864. The highest BCUT2D eigenvalue weighted by molar-refractivity contribution is 7.23. The molecule has 0 spiro atoms. The molecule has 0 unspecified atom stereocenters. The zero-order valence-corrected chi connectivity index (χ0v) is 16.4. The largest absolute Gasteiger partial charge is 0.342 e. The Labute approximate surface area is 161 Å². The number of aromatic nitrogens is 1. The van der Waals surface area contributed by atoms with Crippen LogP contribution in [0.5, 0.6) is 0 Å². The van der Waals surface area contributed by atoms with Crippen LogP contribution < -0.4 is 5.32 Å². The van der Waals surface area contributed by atoms with Crippen LogP contribution in [0.4, 0.5) is 0 Å². The van der Waals surface area contributed by atoms with Gasteiger partial charge in [0.2, 0.25) is 5.91 Å². The molecule has 2 aliphatic rings. The normalized spacial score (nSPS) is 18.7. The fraction of sp³-hybridized carbons (Fsp3) is 0.556. The highest BCUT2D eigenvalue weighted by Crippen LogP contribution is 2.33. The zero-order valence-electron chi connectivity index (χ0n) is 14.0. The lowest BCUT2D eigenvalue weighted by Gasteiger charge is -2.32. The Kier molecular flexibility index (Phi) is 5.41. The second-order valence-electron chi connectivity index (χ2n) is 6.93. The Morgan fingerprint density at radius 1 is 1.28 bits per heavy atom. The number of amides is 1. The van der Waals surface area contributed by atoms with E-state index in [2.05, 4.69) is 10.3 Å². The van der Waals surface area contributed by atoms with Crippen LogP contribution in [0.1, 0.15) is 31.4 Å². The Bertz CT molecular complexity index is 732. The first-order valence-corrected chi connectivity index (χ1v) is 11.0. The van der Waals surface area contributed by atoms with Crippen LogP contribution in [0.25, 0.3) is 9.88 Å². The Hall–Kier alpha value is -0.950. The van der Waals surface area contributed by atoms with E-state index in [4.69, 9.17) is 11.6 Å². The number of thiazole rings is 1. The summed E-state index contributed by atoms with van der Waals surface area (Å²) in [6, 6.07) is 4.45. The van der Waals surface area contributed by atoms with Gasteiger partial charge in [0.1, 0.15) is 5.01 Å². The minimum absolute atomic E-state index is 0.196. The maximum atomic E-state index is 12.6. The average molecular weight is 396 g/mol. The molecular weight excluding hydrogens is 374 g/mol. The Balaban J connectivity index is 1.27. The average Bonchev–Trinajstić information content (AvgIpc) is 3.17. The van der Waals surface area contributed by atoms with Crippen LogP contribution in [-0.2, 0) is 11.2 Å². The smallest absolute Gasteiger partial charge is 0.228 e. The number of halogens is 1. The number of nitrogens with zero attached hydrogens (tertiary/aromatic N) is 2. The molecule has 1 amide bonds. The van der Waals surface area contributed by atoms with Gasteiger partial charge in [0.05, 0.1) is 21.3 Å². The van der Waals surface area contributed by atoms with Gasteiger partial charge in [0.25, 0.3) is 0 Å². The lowest BCUT2D eigenvalue weighted by Crippen LogP contribution is -2.45. The van der Waals surface area contributed by atoms with Crippen molar-refractivity contribution in [3.05, 3.63) is 27.5 Å². The third-order valence-electron chi connectivity index (χ3n) is 4.91. The van der Waals surface area contributed by atoms with E-state index in [1.165, 1.54) is 24.2 Å². The predicted octanol–water partition coefficient (Wildman–Crippen LogP) is 4.06. The van der Waals surface area contributed by atoms with E-state index in [9.17, 15) is 4.79 Å². The van der Waals surface area contributed by atoms with Crippen LogP contribution >= 0.6 is 34.3 Å². The minimum atomic E-state index is 0.196. The van der Waals surface area contributed by atoms with Crippen molar-refractivity contribution in [3.8, 4) is 9.88 Å². The second-order valence-corrected chi connectivity index (χ2v) is 9.50. The summed E-state index contributed by atoms with van der Waals surface area (Å²) in [5.74, 6) is 1.11. The summed E-state index contributed by atoms with van der Waals surface area (Å²) in [5, 5.41) is 6.60. The van der Waals surface area contributed by atoms with Gasteiger partial charge in [0.15, 0.2) is 0 Å². The number of likely N-dealkylation sites (tertiary alicyclic amines) is 1. The van der Waals surface area contributed by atoms with Gasteiger partial charge in [-0.3, -0.25) is 4.79 Å². The summed E-state index contributed by atoms with van der Waals surface area (Å²) < 4.78 is 0.765. The molecule has 1 aliphatic heterocycles. The van der Waals surface area contributed by atoms with Crippen LogP contribution in [0.3, 0.4) is 0 Å². The highest BCUT2D eigenvalue weighted by atomic mass is 35.5. The van der Waals surface area contributed by atoms with Crippen molar-refractivity contribution in [2.75, 3.05) is 19.6 Å². The summed E-state index contributed by atoms with van der Waals surface area (Å²) in [4.78, 5) is 20.2. The molecule has 0 bridgehead atoms. The van der Waals surface area contributed by atoms with Gasteiger partial charge >= 0.3 is 0 Å². The molecule has 134 valence electrons. The molecule has 7 heteroatoms. The SMILES string of the molecule is O=C(Cc1csc(-c2ccc(Cl)s2)n1)N1CCC(NCC2CC2)CC1. The fourth-order valence-corrected chi connectivity index (χ4v) is 5.12. The number of carbonyl (C=O) groups is 1. The van der Waals surface area contributed by atoms with Crippen molar-refractivity contribution in [3.63, 3.8) is 0 Å². The monoisotopic (exact) mass is 395 g/mol. The molecule has 0 atom stereocenters. The van der Waals surface area contributed by atoms with E-state index < -0.39 is 0 Å². The van der Waals surface area contributed by atoms with E-state index in [0.29, 0.717) is 12.5 Å². The van der Waals surface area contributed by atoms with Gasteiger partial charge < -0.3 is 10.2 Å². The number of hydrogen-bond acceptors (Lipinski definition) is 5. The molecule has 1 saturated carbocycles. The Morgan fingerprint density at radius 2 is 2.08 bits per heavy atom. The van der Waals surface area contributed by atoms with Crippen LogP contribution in [-0.4, -0.2) is 41.5 Å². The van der Waals surface area contributed by atoms with Crippen molar-refractivity contribution >= 4 is 40.2 Å². The molecule has 0 aromatic carbocycles. The van der Waals surface area contributed by atoms with Gasteiger partial charge in [-0.2, -0.15) is 0 Å². The van der Waals surface area contributed by atoms with E-state index in [1.54, 1.807) is 11.3 Å². The standard InChI is InChI=1S/C18H22ClN3OS2/c19-16-4-3-15(25-16)18-21-14(11-24-18)9-17(23)22-7-5-13(6-8-22)20-10-12-1-2-12/h3-4,11-13,20H,1-2,5-10H2. The number of rotatable bonds is 6. The molecule has 25 heavy (non-hydrogen) atoms. The molecule has 4 nitrogen and oxygen atoms in total. The van der Waals surface area contributed by atoms with Crippen LogP contribution in [0.2, 0.25) is 4.34 Å². The zero-order chi connectivity index (χ0) is 17.2. The van der Waals surface area contributed by atoms with Crippen LogP contribution in [0, 0.1) is 5.92 Å². The van der Waals surface area contributed by atoms with Gasteiger partial charge in [-0.1, -0.05) is 11.6 Å². The fourth-order valence-electron chi connectivity index (χ4n) is 3.19. The topological polar surface area (TPSA) is 45.2 Å². The highest BCUT2D eigenvalue weighted by Gasteiger charge is 2.26. The Morgan fingerprint density at radius 3 is 2.76 bits per heavy atom. The molecule has 2 fully saturated rings. The van der Waals surface area contributed by atoms with Crippen molar-refractivity contribution in [1.29, 1.82) is 0 Å². The van der Waals surface area contributed by atoms with Gasteiger partial charge in [-0.25, -0.2) is 4.98 Å². The number of thiophene rings is 1. The van der Waals surface area contributed by atoms with E-state index >= 15 is 0 Å². The minimum Gasteiger partial charge on any atom is -0.342 e. The maximum absolute atomic E-state index is 12.6. The third kappa shape index (κ3) is 4.61. The lowest BCUT2D eigenvalue weighted by molar-refractivity contribution is -0.131. The molecule has 2 aromatic heterocycles. The first-order chi connectivity index (χ1) is 12.2. The number of carbonyl (C=O) groups excluding carboxylic acids is 1. The maximum Gasteiger partial charge on any atom is 0.228 e. The van der Waals surface area contributed by atoms with Crippen molar-refractivity contribution in [1.82, 2.24) is 15.2 Å². The van der Waals surface area contributed by atoms with Crippen LogP contribution in [0.15, 0.2) is 17.5 Å². The number of piperidine rings is 1. The van der Waals surface area contributed by atoms with Gasteiger partial charge in [-0.15, -0.1) is 22.7 Å². The van der Waals surface area contributed by atoms with Crippen molar-refractivity contribution < 1.29 is 4.79 Å². The van der Waals surface area contributed by atoms with E-state index in [0.717, 1.165) is 58.3 Å². The molecule has 4 rings (SSSR count).